The summed E-state index contributed by atoms with van der Waals surface area (Å²) < 4.78 is 0. The van der Waals surface area contributed by atoms with Crippen molar-refractivity contribution in [3.05, 3.63) is 58.6 Å². The Morgan fingerprint density at radius 2 is 1.60 bits per heavy atom. The molecule has 7 nitrogen and oxygen atoms in total. The van der Waals surface area contributed by atoms with E-state index >= 15 is 0 Å². The first-order valence-electron chi connectivity index (χ1n) is 9.41. The lowest BCUT2D eigenvalue weighted by Gasteiger charge is -2.26. The van der Waals surface area contributed by atoms with Crippen molar-refractivity contribution in [2.24, 2.45) is 5.73 Å². The molecule has 2 aromatic carbocycles. The summed E-state index contributed by atoms with van der Waals surface area (Å²) in [4.78, 5) is 39.8. The molecule has 0 aliphatic heterocycles. The zero-order valence-electron chi connectivity index (χ0n) is 16.6. The highest BCUT2D eigenvalue weighted by atomic mass is 35.5. The minimum absolute atomic E-state index is 0.00612. The standard InChI is InChI=1S/C21H24Cl2N4O3/c1-2-26(13-19(29)25-21-16(22)9-6-10-17(21)23)14-20(30)27(12-11-18(24)28)15-7-4-3-5-8-15/h3-10H,2,11-14H2,1H3,(H2,24,28)(H,25,29). The molecule has 160 valence electrons. The van der Waals surface area contributed by atoms with E-state index in [0.29, 0.717) is 28.0 Å². The van der Waals surface area contributed by atoms with Crippen LogP contribution in [0.5, 0.6) is 0 Å². The van der Waals surface area contributed by atoms with Crippen molar-refractivity contribution in [3.8, 4) is 0 Å². The van der Waals surface area contributed by atoms with E-state index in [9.17, 15) is 14.4 Å². The number of hydrogen-bond acceptors (Lipinski definition) is 4. The molecule has 3 amide bonds. The van der Waals surface area contributed by atoms with Crippen molar-refractivity contribution in [1.29, 1.82) is 0 Å². The number of para-hydroxylation sites is 2. The Kier molecular flexibility index (Phi) is 9.11. The molecular weight excluding hydrogens is 427 g/mol. The second kappa shape index (κ2) is 11.5. The number of rotatable bonds is 10. The van der Waals surface area contributed by atoms with Gasteiger partial charge in [-0.15, -0.1) is 0 Å². The van der Waals surface area contributed by atoms with E-state index in [0.717, 1.165) is 0 Å². The number of anilines is 2. The van der Waals surface area contributed by atoms with Gasteiger partial charge < -0.3 is 16.0 Å². The van der Waals surface area contributed by atoms with E-state index < -0.39 is 5.91 Å². The summed E-state index contributed by atoms with van der Waals surface area (Å²) in [5.41, 5.74) is 6.24. The second-order valence-corrected chi connectivity index (χ2v) is 7.36. The fourth-order valence-electron chi connectivity index (χ4n) is 2.78. The van der Waals surface area contributed by atoms with Crippen LogP contribution < -0.4 is 16.0 Å². The first kappa shape index (κ1) is 23.7. The molecule has 0 radical (unpaired) electrons. The van der Waals surface area contributed by atoms with E-state index in [-0.39, 0.29) is 37.9 Å². The number of likely N-dealkylation sites (N-methyl/N-ethyl adjacent to an activating group) is 1. The Balaban J connectivity index is 2.05. The zero-order chi connectivity index (χ0) is 22.1. The molecule has 0 saturated heterocycles. The highest BCUT2D eigenvalue weighted by Crippen LogP contribution is 2.29. The second-order valence-electron chi connectivity index (χ2n) is 6.55. The number of primary amides is 1. The number of nitrogens with zero attached hydrogens (tertiary/aromatic N) is 2. The molecule has 0 aliphatic rings. The number of amides is 3. The van der Waals surface area contributed by atoms with E-state index in [1.165, 1.54) is 4.90 Å². The number of hydrogen-bond donors (Lipinski definition) is 2. The maximum Gasteiger partial charge on any atom is 0.241 e. The van der Waals surface area contributed by atoms with Crippen LogP contribution in [0.15, 0.2) is 48.5 Å². The van der Waals surface area contributed by atoms with Crippen molar-refractivity contribution in [3.63, 3.8) is 0 Å². The fraction of sp³-hybridized carbons (Fsp3) is 0.286. The highest BCUT2D eigenvalue weighted by Gasteiger charge is 2.21. The predicted octanol–water partition coefficient (Wildman–Crippen LogP) is 3.16. The van der Waals surface area contributed by atoms with Crippen LogP contribution in [0.2, 0.25) is 10.0 Å². The predicted molar refractivity (Wildman–Crippen MR) is 120 cm³/mol. The number of benzene rings is 2. The Hall–Kier alpha value is -2.61. The molecule has 3 N–H and O–H groups in total. The number of nitrogens with two attached hydrogens (primary N) is 1. The molecule has 0 saturated carbocycles. The maximum atomic E-state index is 12.9. The molecule has 0 unspecified atom stereocenters. The lowest BCUT2D eigenvalue weighted by Crippen LogP contribution is -2.44. The molecule has 0 spiro atoms. The van der Waals surface area contributed by atoms with Crippen LogP contribution in [0.1, 0.15) is 13.3 Å². The van der Waals surface area contributed by atoms with E-state index in [2.05, 4.69) is 5.32 Å². The Labute approximate surface area is 185 Å². The van der Waals surface area contributed by atoms with Gasteiger partial charge >= 0.3 is 0 Å². The van der Waals surface area contributed by atoms with Gasteiger partial charge in [0.1, 0.15) is 0 Å². The molecule has 0 heterocycles. The van der Waals surface area contributed by atoms with Crippen molar-refractivity contribution in [1.82, 2.24) is 4.90 Å². The molecule has 2 aromatic rings. The minimum Gasteiger partial charge on any atom is -0.370 e. The molecular formula is C21H24Cl2N4O3. The minimum atomic E-state index is -0.493. The quantitative estimate of drug-likeness (QED) is 0.580. The normalized spacial score (nSPS) is 10.7. The van der Waals surface area contributed by atoms with Gasteiger partial charge in [0.25, 0.3) is 0 Å². The SMILES string of the molecule is CCN(CC(=O)Nc1c(Cl)cccc1Cl)CC(=O)N(CCC(N)=O)c1ccccc1. The Morgan fingerprint density at radius 1 is 0.967 bits per heavy atom. The summed E-state index contributed by atoms with van der Waals surface area (Å²) in [5.74, 6) is -1.08. The zero-order valence-corrected chi connectivity index (χ0v) is 18.1. The van der Waals surface area contributed by atoms with Crippen LogP contribution in [0.4, 0.5) is 11.4 Å². The number of halogens is 2. The van der Waals surface area contributed by atoms with Crippen LogP contribution in [0, 0.1) is 0 Å². The van der Waals surface area contributed by atoms with Gasteiger partial charge in [-0.2, -0.15) is 0 Å². The topological polar surface area (TPSA) is 95.7 Å². The highest BCUT2D eigenvalue weighted by molar-refractivity contribution is 6.39. The van der Waals surface area contributed by atoms with Crippen molar-refractivity contribution < 1.29 is 14.4 Å². The maximum absolute atomic E-state index is 12.9. The summed E-state index contributed by atoms with van der Waals surface area (Å²) in [6.07, 6.45) is 0.0399. The largest absolute Gasteiger partial charge is 0.370 e. The molecule has 0 fully saturated rings. The Bertz CT molecular complexity index is 873. The third kappa shape index (κ3) is 7.02. The van der Waals surface area contributed by atoms with Gasteiger partial charge in [-0.1, -0.05) is 54.4 Å². The molecule has 9 heteroatoms. The van der Waals surface area contributed by atoms with Gasteiger partial charge in [0.15, 0.2) is 0 Å². The van der Waals surface area contributed by atoms with Crippen LogP contribution in [-0.2, 0) is 14.4 Å². The van der Waals surface area contributed by atoms with Crippen molar-refractivity contribution in [2.75, 3.05) is 36.4 Å². The summed E-state index contributed by atoms with van der Waals surface area (Å²) in [5, 5.41) is 3.35. The molecule has 30 heavy (non-hydrogen) atoms. The van der Waals surface area contributed by atoms with Gasteiger partial charge in [0.05, 0.1) is 28.8 Å². The van der Waals surface area contributed by atoms with Crippen LogP contribution in [0.3, 0.4) is 0 Å². The monoisotopic (exact) mass is 450 g/mol. The first-order valence-corrected chi connectivity index (χ1v) is 10.2. The van der Waals surface area contributed by atoms with Gasteiger partial charge in [-0.05, 0) is 30.8 Å². The average Bonchev–Trinajstić information content (AvgIpc) is 2.71. The Morgan fingerprint density at radius 3 is 2.17 bits per heavy atom. The lowest BCUT2D eigenvalue weighted by atomic mass is 10.2. The summed E-state index contributed by atoms with van der Waals surface area (Å²) in [6, 6.07) is 13.9. The van der Waals surface area contributed by atoms with Crippen LogP contribution in [-0.4, -0.2) is 48.8 Å². The lowest BCUT2D eigenvalue weighted by molar-refractivity contribution is -0.121. The van der Waals surface area contributed by atoms with Crippen molar-refractivity contribution in [2.45, 2.75) is 13.3 Å². The summed E-state index contributed by atoms with van der Waals surface area (Å²) >= 11 is 12.2. The fourth-order valence-corrected chi connectivity index (χ4v) is 3.28. The van der Waals surface area contributed by atoms with Crippen molar-refractivity contribution >= 4 is 52.3 Å². The summed E-state index contributed by atoms with van der Waals surface area (Å²) in [7, 11) is 0. The number of carbonyl (C=O) groups is 3. The molecule has 2 rings (SSSR count). The first-order chi connectivity index (χ1) is 14.3. The van der Waals surface area contributed by atoms with E-state index in [1.54, 1.807) is 47.4 Å². The van der Waals surface area contributed by atoms with Gasteiger partial charge in [-0.3, -0.25) is 19.3 Å². The van der Waals surface area contributed by atoms with Crippen LogP contribution >= 0.6 is 23.2 Å². The van der Waals surface area contributed by atoms with Crippen LogP contribution in [0.25, 0.3) is 0 Å². The van der Waals surface area contributed by atoms with E-state index in [4.69, 9.17) is 28.9 Å². The smallest absolute Gasteiger partial charge is 0.241 e. The number of nitrogens with one attached hydrogen (secondary N) is 1. The van der Waals surface area contributed by atoms with Gasteiger partial charge in [0, 0.05) is 18.7 Å². The van der Waals surface area contributed by atoms with E-state index in [1.807, 2.05) is 13.0 Å². The third-order valence-electron chi connectivity index (χ3n) is 4.35. The third-order valence-corrected chi connectivity index (χ3v) is 4.98. The molecule has 0 aromatic heterocycles. The average molecular weight is 451 g/mol. The molecule has 0 atom stereocenters. The summed E-state index contributed by atoms with van der Waals surface area (Å²) in [6.45, 7) is 2.44. The van der Waals surface area contributed by atoms with Gasteiger partial charge in [0.2, 0.25) is 17.7 Å². The van der Waals surface area contributed by atoms with Gasteiger partial charge in [-0.25, -0.2) is 0 Å². The molecule has 0 bridgehead atoms. The molecule has 0 aliphatic carbocycles. The number of carbonyl (C=O) groups excluding carboxylic acids is 3.